The van der Waals surface area contributed by atoms with Gasteiger partial charge in [-0.3, -0.25) is 4.90 Å². The second-order valence-corrected chi connectivity index (χ2v) is 6.40. The topological polar surface area (TPSA) is 29.3 Å². The van der Waals surface area contributed by atoms with Gasteiger partial charge in [0.15, 0.2) is 0 Å². The van der Waals surface area contributed by atoms with Crippen LogP contribution in [-0.4, -0.2) is 24.5 Å². The Bertz CT molecular complexity index is 313. The fraction of sp³-hybridized carbons (Fsp3) is 0.714. The number of hydrogen-bond donors (Lipinski definition) is 1. The molecule has 3 heteroatoms. The van der Waals surface area contributed by atoms with Crippen molar-refractivity contribution in [1.29, 1.82) is 0 Å². The van der Waals surface area contributed by atoms with E-state index in [-0.39, 0.29) is 0 Å². The molecule has 96 valence electrons. The van der Waals surface area contributed by atoms with Crippen LogP contribution >= 0.6 is 11.3 Å². The monoisotopic (exact) mass is 252 g/mol. The first kappa shape index (κ1) is 13.1. The van der Waals surface area contributed by atoms with Gasteiger partial charge in [-0.1, -0.05) is 19.9 Å². The average Bonchev–Trinajstić information content (AvgIpc) is 2.83. The standard InChI is InChI=1S/C14H24N2S/c1-11(2)14(13-4-3-9-17-13)16-7-5-12(10-15)6-8-16/h3-4,9,11-12,14H,5-8,10,15H2,1-2H3. The van der Waals surface area contributed by atoms with E-state index < -0.39 is 0 Å². The summed E-state index contributed by atoms with van der Waals surface area (Å²) in [5.41, 5.74) is 5.76. The summed E-state index contributed by atoms with van der Waals surface area (Å²) >= 11 is 1.89. The van der Waals surface area contributed by atoms with E-state index in [2.05, 4.69) is 36.3 Å². The molecule has 1 aromatic rings. The lowest BCUT2D eigenvalue weighted by molar-refractivity contribution is 0.108. The highest BCUT2D eigenvalue weighted by Crippen LogP contribution is 2.34. The largest absolute Gasteiger partial charge is 0.330 e. The van der Waals surface area contributed by atoms with Crippen molar-refractivity contribution in [2.45, 2.75) is 32.7 Å². The van der Waals surface area contributed by atoms with Gasteiger partial charge in [0.2, 0.25) is 0 Å². The van der Waals surface area contributed by atoms with Crippen molar-refractivity contribution in [3.05, 3.63) is 22.4 Å². The number of thiophene rings is 1. The van der Waals surface area contributed by atoms with Crippen LogP contribution in [0.25, 0.3) is 0 Å². The van der Waals surface area contributed by atoms with Gasteiger partial charge in [0.05, 0.1) is 0 Å². The van der Waals surface area contributed by atoms with Crippen LogP contribution in [0.15, 0.2) is 17.5 Å². The van der Waals surface area contributed by atoms with Crippen molar-refractivity contribution < 1.29 is 0 Å². The number of hydrogen-bond acceptors (Lipinski definition) is 3. The molecule has 0 amide bonds. The molecule has 0 bridgehead atoms. The van der Waals surface area contributed by atoms with Gasteiger partial charge in [0.25, 0.3) is 0 Å². The van der Waals surface area contributed by atoms with Crippen molar-refractivity contribution in [3.63, 3.8) is 0 Å². The Hall–Kier alpha value is -0.380. The van der Waals surface area contributed by atoms with Crippen LogP contribution in [-0.2, 0) is 0 Å². The molecule has 2 nitrogen and oxygen atoms in total. The molecule has 0 radical (unpaired) electrons. The number of nitrogens with two attached hydrogens (primary N) is 1. The molecule has 1 saturated heterocycles. The minimum absolute atomic E-state index is 0.605. The molecule has 1 unspecified atom stereocenters. The van der Waals surface area contributed by atoms with E-state index >= 15 is 0 Å². The highest BCUT2D eigenvalue weighted by Gasteiger charge is 2.28. The van der Waals surface area contributed by atoms with Crippen LogP contribution < -0.4 is 5.73 Å². The molecule has 1 fully saturated rings. The first-order chi connectivity index (χ1) is 8.22. The average molecular weight is 252 g/mol. The molecule has 0 saturated carbocycles. The zero-order valence-electron chi connectivity index (χ0n) is 10.9. The quantitative estimate of drug-likeness (QED) is 0.892. The van der Waals surface area contributed by atoms with Crippen molar-refractivity contribution in [1.82, 2.24) is 4.90 Å². The van der Waals surface area contributed by atoms with Crippen molar-refractivity contribution in [3.8, 4) is 0 Å². The maximum Gasteiger partial charge on any atom is 0.0464 e. The van der Waals surface area contributed by atoms with Crippen molar-refractivity contribution >= 4 is 11.3 Å². The zero-order valence-corrected chi connectivity index (χ0v) is 11.7. The fourth-order valence-corrected chi connectivity index (χ4v) is 3.89. The highest BCUT2D eigenvalue weighted by molar-refractivity contribution is 7.10. The summed E-state index contributed by atoms with van der Waals surface area (Å²) < 4.78 is 0. The van der Waals surface area contributed by atoms with E-state index in [1.165, 1.54) is 30.8 Å². The summed E-state index contributed by atoms with van der Waals surface area (Å²) in [6.45, 7) is 7.95. The van der Waals surface area contributed by atoms with Gasteiger partial charge in [-0.05, 0) is 55.8 Å². The highest BCUT2D eigenvalue weighted by atomic mass is 32.1. The number of rotatable bonds is 4. The fourth-order valence-electron chi connectivity index (χ4n) is 2.86. The van der Waals surface area contributed by atoms with Gasteiger partial charge < -0.3 is 5.73 Å². The molecule has 2 heterocycles. The third-order valence-corrected chi connectivity index (χ3v) is 4.78. The third-order valence-electron chi connectivity index (χ3n) is 3.84. The third kappa shape index (κ3) is 3.09. The van der Waals surface area contributed by atoms with E-state index in [1.807, 2.05) is 11.3 Å². The van der Waals surface area contributed by atoms with Crippen LogP contribution in [0, 0.1) is 11.8 Å². The van der Waals surface area contributed by atoms with E-state index in [0.717, 1.165) is 12.5 Å². The molecule has 0 aromatic carbocycles. The summed E-state index contributed by atoms with van der Waals surface area (Å²) in [5, 5.41) is 2.19. The lowest BCUT2D eigenvalue weighted by Crippen LogP contribution is -2.40. The van der Waals surface area contributed by atoms with Crippen molar-refractivity contribution in [2.24, 2.45) is 17.6 Å². The molecule has 1 atom stereocenters. The number of nitrogens with zero attached hydrogens (tertiary/aromatic N) is 1. The molecule has 2 rings (SSSR count). The molecular formula is C14H24N2S. The van der Waals surface area contributed by atoms with Crippen LogP contribution in [0.4, 0.5) is 0 Å². The zero-order chi connectivity index (χ0) is 12.3. The van der Waals surface area contributed by atoms with Crippen molar-refractivity contribution in [2.75, 3.05) is 19.6 Å². The second kappa shape index (κ2) is 5.98. The Morgan fingerprint density at radius 1 is 1.41 bits per heavy atom. The Morgan fingerprint density at radius 3 is 2.59 bits per heavy atom. The molecule has 0 spiro atoms. The van der Waals surface area contributed by atoms with E-state index in [4.69, 9.17) is 5.73 Å². The van der Waals surface area contributed by atoms with Gasteiger partial charge in [-0.25, -0.2) is 0 Å². The number of likely N-dealkylation sites (tertiary alicyclic amines) is 1. The summed E-state index contributed by atoms with van der Waals surface area (Å²) in [5.74, 6) is 1.44. The summed E-state index contributed by atoms with van der Waals surface area (Å²) in [7, 11) is 0. The first-order valence-corrected chi connectivity index (χ1v) is 7.58. The second-order valence-electron chi connectivity index (χ2n) is 5.42. The maximum atomic E-state index is 5.76. The minimum atomic E-state index is 0.605. The van der Waals surface area contributed by atoms with E-state index in [1.54, 1.807) is 0 Å². The summed E-state index contributed by atoms with van der Waals surface area (Å²) in [4.78, 5) is 4.18. The molecular weight excluding hydrogens is 228 g/mol. The smallest absolute Gasteiger partial charge is 0.0464 e. The lowest BCUT2D eigenvalue weighted by Gasteiger charge is -2.38. The first-order valence-electron chi connectivity index (χ1n) is 6.70. The van der Waals surface area contributed by atoms with Crippen LogP contribution in [0.1, 0.15) is 37.6 Å². The Morgan fingerprint density at radius 2 is 2.12 bits per heavy atom. The predicted molar refractivity (Wildman–Crippen MR) is 75.2 cm³/mol. The van der Waals surface area contributed by atoms with Crippen LogP contribution in [0.5, 0.6) is 0 Å². The Labute approximate surface area is 109 Å². The van der Waals surface area contributed by atoms with Gasteiger partial charge in [0, 0.05) is 10.9 Å². The maximum absolute atomic E-state index is 5.76. The molecule has 1 aromatic heterocycles. The van der Waals surface area contributed by atoms with Gasteiger partial charge >= 0.3 is 0 Å². The van der Waals surface area contributed by atoms with Crippen LogP contribution in [0.2, 0.25) is 0 Å². The number of piperidine rings is 1. The van der Waals surface area contributed by atoms with Gasteiger partial charge in [-0.2, -0.15) is 0 Å². The normalized spacial score (nSPS) is 20.9. The molecule has 2 N–H and O–H groups in total. The summed E-state index contributed by atoms with van der Waals surface area (Å²) in [6, 6.07) is 5.06. The Kier molecular flexibility index (Phi) is 4.60. The minimum Gasteiger partial charge on any atom is -0.330 e. The summed E-state index contributed by atoms with van der Waals surface area (Å²) in [6.07, 6.45) is 2.54. The molecule has 1 aliphatic heterocycles. The van der Waals surface area contributed by atoms with Gasteiger partial charge in [-0.15, -0.1) is 11.3 Å². The Balaban J connectivity index is 2.03. The van der Waals surface area contributed by atoms with Crippen LogP contribution in [0.3, 0.4) is 0 Å². The molecule has 17 heavy (non-hydrogen) atoms. The molecule has 0 aliphatic carbocycles. The lowest BCUT2D eigenvalue weighted by atomic mass is 9.93. The predicted octanol–water partition coefficient (Wildman–Crippen LogP) is 3.12. The SMILES string of the molecule is CC(C)C(c1cccs1)N1CCC(CN)CC1. The van der Waals surface area contributed by atoms with E-state index in [9.17, 15) is 0 Å². The molecule has 1 aliphatic rings. The van der Waals surface area contributed by atoms with Gasteiger partial charge in [0.1, 0.15) is 0 Å². The van der Waals surface area contributed by atoms with E-state index in [0.29, 0.717) is 12.0 Å².